The van der Waals surface area contributed by atoms with E-state index in [1.807, 2.05) is 0 Å². The molecule has 0 amide bonds. The van der Waals surface area contributed by atoms with Gasteiger partial charge in [0.05, 0.1) is 25.4 Å². The lowest BCUT2D eigenvalue weighted by molar-refractivity contribution is -0.277. The summed E-state index contributed by atoms with van der Waals surface area (Å²) in [7, 11) is 0. The lowest BCUT2D eigenvalue weighted by atomic mass is 9.69. The van der Waals surface area contributed by atoms with Crippen LogP contribution in [-0.4, -0.2) is 31.2 Å². The van der Waals surface area contributed by atoms with Gasteiger partial charge in [0, 0.05) is 18.3 Å². The molecule has 0 unspecified atom stereocenters. The predicted octanol–water partition coefficient (Wildman–Crippen LogP) is 0.537. The van der Waals surface area contributed by atoms with Crippen molar-refractivity contribution in [1.82, 2.24) is 0 Å². The molecule has 0 aromatic carbocycles. The number of fused-ring (bicyclic) bond motifs is 4. The zero-order chi connectivity index (χ0) is 7.76. The van der Waals surface area contributed by atoms with Crippen molar-refractivity contribution in [2.45, 2.75) is 30.8 Å². The van der Waals surface area contributed by atoms with Crippen molar-refractivity contribution in [1.29, 1.82) is 0 Å². The van der Waals surface area contributed by atoms with E-state index in [0.717, 1.165) is 25.6 Å². The van der Waals surface area contributed by atoms with Crippen LogP contribution in [0, 0.1) is 11.8 Å². The number of hydrogen-bond acceptors (Lipinski definition) is 3. The molecule has 0 aromatic rings. The van der Waals surface area contributed by atoms with Gasteiger partial charge >= 0.3 is 0 Å². The lowest BCUT2D eigenvalue weighted by Gasteiger charge is -2.48. The molecule has 0 N–H and O–H groups in total. The van der Waals surface area contributed by atoms with Crippen LogP contribution in [0.3, 0.4) is 0 Å². The number of rotatable bonds is 0. The van der Waals surface area contributed by atoms with Crippen LogP contribution in [0.1, 0.15) is 12.8 Å². The summed E-state index contributed by atoms with van der Waals surface area (Å²) in [6, 6.07) is 0. The molecular weight excluding hydrogens is 156 g/mol. The van der Waals surface area contributed by atoms with E-state index < -0.39 is 0 Å². The highest BCUT2D eigenvalue weighted by atomic mass is 16.7. The van der Waals surface area contributed by atoms with Gasteiger partial charge in [0.2, 0.25) is 0 Å². The molecule has 2 aliphatic heterocycles. The molecule has 3 heteroatoms. The summed E-state index contributed by atoms with van der Waals surface area (Å²) in [6.07, 6.45) is 3.40. The Morgan fingerprint density at radius 1 is 1.17 bits per heavy atom. The Hall–Kier alpha value is -0.120. The van der Waals surface area contributed by atoms with Gasteiger partial charge in [0.15, 0.2) is 5.79 Å². The summed E-state index contributed by atoms with van der Waals surface area (Å²) in [6.45, 7) is 1.58. The third kappa shape index (κ3) is 0.543. The van der Waals surface area contributed by atoms with Crippen molar-refractivity contribution >= 4 is 0 Å². The fraction of sp³-hybridized carbons (Fsp3) is 1.00. The number of ether oxygens (including phenoxy) is 3. The Labute approximate surface area is 71.0 Å². The van der Waals surface area contributed by atoms with Gasteiger partial charge in [-0.2, -0.15) is 0 Å². The Balaban J connectivity index is 1.63. The Morgan fingerprint density at radius 2 is 2.00 bits per heavy atom. The SMILES string of the molecule is C1COC2(C[C@H]3[C@@H]4O[C@@H]4C[C@H]32)O1. The van der Waals surface area contributed by atoms with E-state index in [9.17, 15) is 0 Å². The fourth-order valence-electron chi connectivity index (χ4n) is 3.26. The largest absolute Gasteiger partial charge is 0.369 e. The van der Waals surface area contributed by atoms with Crippen LogP contribution in [-0.2, 0) is 14.2 Å². The summed E-state index contributed by atoms with van der Waals surface area (Å²) >= 11 is 0. The minimum Gasteiger partial charge on any atom is -0.369 e. The molecule has 4 atom stereocenters. The monoisotopic (exact) mass is 168 g/mol. The zero-order valence-corrected chi connectivity index (χ0v) is 6.86. The van der Waals surface area contributed by atoms with Crippen molar-refractivity contribution < 1.29 is 14.2 Å². The summed E-state index contributed by atoms with van der Waals surface area (Å²) in [5, 5.41) is 0. The first-order valence-corrected chi connectivity index (χ1v) is 4.82. The van der Waals surface area contributed by atoms with Gasteiger partial charge in [-0.25, -0.2) is 0 Å². The maximum absolute atomic E-state index is 5.68. The van der Waals surface area contributed by atoms with Crippen LogP contribution >= 0.6 is 0 Å². The minimum atomic E-state index is -0.151. The van der Waals surface area contributed by atoms with E-state index in [4.69, 9.17) is 14.2 Å². The third-order valence-electron chi connectivity index (χ3n) is 3.91. The highest BCUT2D eigenvalue weighted by Gasteiger charge is 2.70. The normalized spacial score (nSPS) is 58.0. The molecule has 2 heterocycles. The van der Waals surface area contributed by atoms with Gasteiger partial charge in [-0.1, -0.05) is 0 Å². The molecule has 0 bridgehead atoms. The van der Waals surface area contributed by atoms with Gasteiger partial charge < -0.3 is 14.2 Å². The number of epoxide rings is 1. The van der Waals surface area contributed by atoms with Crippen LogP contribution in [0.5, 0.6) is 0 Å². The smallest absolute Gasteiger partial charge is 0.172 e. The molecule has 4 rings (SSSR count). The van der Waals surface area contributed by atoms with Crippen LogP contribution in [0.2, 0.25) is 0 Å². The van der Waals surface area contributed by atoms with E-state index in [1.54, 1.807) is 0 Å². The van der Waals surface area contributed by atoms with Crippen molar-refractivity contribution in [2.75, 3.05) is 13.2 Å². The summed E-state index contributed by atoms with van der Waals surface area (Å²) in [5.74, 6) is 1.26. The van der Waals surface area contributed by atoms with Gasteiger partial charge in [0.25, 0.3) is 0 Å². The van der Waals surface area contributed by atoms with Crippen LogP contribution in [0.25, 0.3) is 0 Å². The summed E-state index contributed by atoms with van der Waals surface area (Å²) < 4.78 is 16.8. The molecule has 0 aromatic heterocycles. The van der Waals surface area contributed by atoms with Gasteiger partial charge in [-0.05, 0) is 6.42 Å². The molecule has 1 spiro atoms. The molecule has 2 saturated heterocycles. The van der Waals surface area contributed by atoms with E-state index in [1.165, 1.54) is 6.42 Å². The molecule has 3 nitrogen and oxygen atoms in total. The molecule has 2 aliphatic carbocycles. The van der Waals surface area contributed by atoms with E-state index >= 15 is 0 Å². The first-order valence-electron chi connectivity index (χ1n) is 4.82. The standard InChI is InChI=1S/C9H12O3/c1-2-11-9(10-1)4-5-6(9)3-7-8(5)12-7/h5-8H,1-4H2/t5-,6-,7-,8+/m1/s1. The maximum atomic E-state index is 5.68. The van der Waals surface area contributed by atoms with Crippen LogP contribution in [0.4, 0.5) is 0 Å². The first kappa shape index (κ1) is 6.35. The Bertz CT molecular complexity index is 234. The van der Waals surface area contributed by atoms with E-state index in [2.05, 4.69) is 0 Å². The Kier molecular flexibility index (Phi) is 0.908. The third-order valence-corrected chi connectivity index (χ3v) is 3.91. The zero-order valence-electron chi connectivity index (χ0n) is 6.86. The second kappa shape index (κ2) is 1.72. The molecule has 0 radical (unpaired) electrons. The van der Waals surface area contributed by atoms with Crippen LogP contribution < -0.4 is 0 Å². The van der Waals surface area contributed by atoms with Crippen molar-refractivity contribution in [3.05, 3.63) is 0 Å². The van der Waals surface area contributed by atoms with Crippen molar-refractivity contribution in [3.63, 3.8) is 0 Å². The average molecular weight is 168 g/mol. The van der Waals surface area contributed by atoms with E-state index in [0.29, 0.717) is 18.1 Å². The van der Waals surface area contributed by atoms with Gasteiger partial charge in [-0.15, -0.1) is 0 Å². The number of hydrogen-bond donors (Lipinski definition) is 0. The molecule has 12 heavy (non-hydrogen) atoms. The lowest BCUT2D eigenvalue weighted by Crippen LogP contribution is -2.54. The minimum absolute atomic E-state index is 0.151. The van der Waals surface area contributed by atoms with Gasteiger partial charge in [0.1, 0.15) is 0 Å². The molecule has 2 saturated carbocycles. The topological polar surface area (TPSA) is 31.0 Å². The van der Waals surface area contributed by atoms with E-state index in [-0.39, 0.29) is 5.79 Å². The average Bonchev–Trinajstić information content (AvgIpc) is 2.55. The quantitative estimate of drug-likeness (QED) is 0.494. The molecule has 4 fully saturated rings. The molecule has 66 valence electrons. The highest BCUT2D eigenvalue weighted by molar-refractivity contribution is 5.15. The molecule has 4 aliphatic rings. The molecular formula is C9H12O3. The highest BCUT2D eigenvalue weighted by Crippen LogP contribution is 2.63. The van der Waals surface area contributed by atoms with Crippen molar-refractivity contribution in [2.24, 2.45) is 11.8 Å². The Morgan fingerprint density at radius 3 is 2.75 bits per heavy atom. The fourth-order valence-corrected chi connectivity index (χ4v) is 3.26. The summed E-state index contributed by atoms with van der Waals surface area (Å²) in [5.41, 5.74) is 0. The second-order valence-corrected chi connectivity index (χ2v) is 4.36. The maximum Gasteiger partial charge on any atom is 0.172 e. The van der Waals surface area contributed by atoms with Crippen LogP contribution in [0.15, 0.2) is 0 Å². The summed E-state index contributed by atoms with van der Waals surface area (Å²) in [4.78, 5) is 0. The first-order chi connectivity index (χ1) is 5.89. The predicted molar refractivity (Wildman–Crippen MR) is 39.5 cm³/mol. The van der Waals surface area contributed by atoms with Crippen molar-refractivity contribution in [3.8, 4) is 0 Å². The van der Waals surface area contributed by atoms with Gasteiger partial charge in [-0.3, -0.25) is 0 Å². The second-order valence-electron chi connectivity index (χ2n) is 4.36.